The van der Waals surface area contributed by atoms with Crippen molar-refractivity contribution in [3.63, 3.8) is 0 Å². The monoisotopic (exact) mass is 488 g/mol. The van der Waals surface area contributed by atoms with Gasteiger partial charge in [0.25, 0.3) is 0 Å². The van der Waals surface area contributed by atoms with Crippen LogP contribution in [0, 0.1) is 27.7 Å². The summed E-state index contributed by atoms with van der Waals surface area (Å²) >= 11 is 2.62. The fourth-order valence-corrected chi connectivity index (χ4v) is 4.99. The lowest BCUT2D eigenvalue weighted by Gasteiger charge is -2.15. The number of amides is 1. The van der Waals surface area contributed by atoms with Crippen molar-refractivity contribution in [2.24, 2.45) is 7.05 Å². The van der Waals surface area contributed by atoms with Crippen LogP contribution in [0.2, 0.25) is 0 Å². The lowest BCUT2D eigenvalue weighted by atomic mass is 10.1. The molecule has 0 aliphatic heterocycles. The topological polar surface area (TPSA) is 95.3 Å². The number of aryl methyl sites for hydroxylation is 3. The third kappa shape index (κ3) is 5.56. The van der Waals surface area contributed by atoms with Crippen LogP contribution in [0.5, 0.6) is 5.75 Å². The zero-order valence-electron chi connectivity index (χ0n) is 19.8. The number of anilines is 1. The lowest BCUT2D eigenvalue weighted by Crippen LogP contribution is -2.16. The highest BCUT2D eigenvalue weighted by atomic mass is 32.2. The summed E-state index contributed by atoms with van der Waals surface area (Å²) < 4.78 is 12.7. The number of hydrogen-bond acceptors (Lipinski definition) is 8. The SMILES string of the molecule is COC(=O)c1c(NC(=O)CSc2nnc(C(C)Oc3ccc(C)c(C)c3)n2C)sc(C)c1C. The number of benzene rings is 1. The van der Waals surface area contributed by atoms with E-state index in [0.29, 0.717) is 21.5 Å². The van der Waals surface area contributed by atoms with Gasteiger partial charge in [-0.15, -0.1) is 21.5 Å². The predicted octanol–water partition coefficient (Wildman–Crippen LogP) is 4.77. The number of thioether (sulfide) groups is 1. The average Bonchev–Trinajstić information content (AvgIpc) is 3.27. The Morgan fingerprint density at radius 2 is 1.91 bits per heavy atom. The van der Waals surface area contributed by atoms with Crippen molar-refractivity contribution in [1.82, 2.24) is 14.8 Å². The van der Waals surface area contributed by atoms with Crippen molar-refractivity contribution in [2.45, 2.75) is 45.9 Å². The average molecular weight is 489 g/mol. The summed E-state index contributed by atoms with van der Waals surface area (Å²) in [4.78, 5) is 25.6. The number of ether oxygens (including phenoxy) is 2. The van der Waals surface area contributed by atoms with Crippen LogP contribution >= 0.6 is 23.1 Å². The van der Waals surface area contributed by atoms with Gasteiger partial charge in [0.15, 0.2) is 17.1 Å². The molecule has 0 radical (unpaired) electrons. The third-order valence-corrected chi connectivity index (χ3v) is 7.53. The second-order valence-electron chi connectivity index (χ2n) is 7.72. The normalized spacial score (nSPS) is 11.8. The molecule has 1 aromatic carbocycles. The number of methoxy groups -OCH3 is 1. The number of carbonyl (C=O) groups is 2. The van der Waals surface area contributed by atoms with Gasteiger partial charge >= 0.3 is 5.97 Å². The number of hydrogen-bond donors (Lipinski definition) is 1. The summed E-state index contributed by atoms with van der Waals surface area (Å²) in [5.74, 6) is 0.847. The first kappa shape index (κ1) is 24.8. The van der Waals surface area contributed by atoms with Crippen molar-refractivity contribution >= 4 is 40.0 Å². The molecule has 0 aliphatic carbocycles. The Labute approximate surface area is 201 Å². The molecule has 33 heavy (non-hydrogen) atoms. The maximum Gasteiger partial charge on any atom is 0.341 e. The molecule has 176 valence electrons. The highest BCUT2D eigenvalue weighted by Crippen LogP contribution is 2.33. The molecular weight excluding hydrogens is 460 g/mol. The van der Waals surface area contributed by atoms with E-state index in [1.807, 2.05) is 57.5 Å². The van der Waals surface area contributed by atoms with Gasteiger partial charge in [-0.3, -0.25) is 4.79 Å². The van der Waals surface area contributed by atoms with Crippen molar-refractivity contribution in [2.75, 3.05) is 18.2 Å². The van der Waals surface area contributed by atoms with Gasteiger partial charge in [0.2, 0.25) is 5.91 Å². The fourth-order valence-electron chi connectivity index (χ4n) is 3.21. The molecule has 3 rings (SSSR count). The first-order valence-corrected chi connectivity index (χ1v) is 12.2. The summed E-state index contributed by atoms with van der Waals surface area (Å²) in [5.41, 5.74) is 3.57. The number of nitrogens with zero attached hydrogens (tertiary/aromatic N) is 3. The molecule has 1 N–H and O–H groups in total. The second-order valence-corrected chi connectivity index (χ2v) is 9.89. The van der Waals surface area contributed by atoms with Gasteiger partial charge < -0.3 is 19.4 Å². The van der Waals surface area contributed by atoms with E-state index in [1.54, 1.807) is 0 Å². The van der Waals surface area contributed by atoms with Crippen molar-refractivity contribution in [1.29, 1.82) is 0 Å². The van der Waals surface area contributed by atoms with Crippen LogP contribution in [-0.4, -0.2) is 39.5 Å². The molecule has 0 spiro atoms. The molecule has 1 atom stereocenters. The van der Waals surface area contributed by atoms with Crippen LogP contribution in [0.4, 0.5) is 5.00 Å². The summed E-state index contributed by atoms with van der Waals surface area (Å²) in [7, 11) is 3.17. The van der Waals surface area contributed by atoms with Gasteiger partial charge in [0.1, 0.15) is 10.8 Å². The molecule has 1 amide bonds. The number of rotatable bonds is 8. The molecule has 8 nitrogen and oxygen atoms in total. The Morgan fingerprint density at radius 1 is 1.18 bits per heavy atom. The van der Waals surface area contributed by atoms with E-state index in [2.05, 4.69) is 22.4 Å². The molecule has 3 aromatic rings. The number of aromatic nitrogens is 3. The molecule has 2 heterocycles. The third-order valence-electron chi connectivity index (χ3n) is 5.38. The molecule has 0 saturated carbocycles. The number of carbonyl (C=O) groups excluding carboxylic acids is 2. The van der Waals surface area contributed by atoms with Crippen LogP contribution in [-0.2, 0) is 16.6 Å². The van der Waals surface area contributed by atoms with E-state index in [-0.39, 0.29) is 17.8 Å². The largest absolute Gasteiger partial charge is 0.483 e. The Hall–Kier alpha value is -2.85. The minimum absolute atomic E-state index is 0.120. The number of thiophene rings is 1. The van der Waals surface area contributed by atoms with E-state index in [0.717, 1.165) is 21.8 Å². The molecule has 0 saturated heterocycles. The van der Waals surface area contributed by atoms with Crippen LogP contribution in [0.3, 0.4) is 0 Å². The van der Waals surface area contributed by atoms with E-state index < -0.39 is 5.97 Å². The molecule has 0 fully saturated rings. The highest BCUT2D eigenvalue weighted by Gasteiger charge is 2.22. The van der Waals surface area contributed by atoms with Crippen LogP contribution in [0.25, 0.3) is 0 Å². The van der Waals surface area contributed by atoms with E-state index >= 15 is 0 Å². The van der Waals surface area contributed by atoms with Crippen molar-refractivity contribution < 1.29 is 19.1 Å². The first-order valence-electron chi connectivity index (χ1n) is 10.4. The van der Waals surface area contributed by atoms with Gasteiger partial charge in [-0.25, -0.2) is 4.79 Å². The van der Waals surface area contributed by atoms with Crippen LogP contribution in [0.1, 0.15) is 50.8 Å². The molecule has 2 aromatic heterocycles. The zero-order valence-corrected chi connectivity index (χ0v) is 21.4. The number of nitrogens with one attached hydrogen (secondary N) is 1. The molecule has 10 heteroatoms. The first-order chi connectivity index (χ1) is 15.6. The van der Waals surface area contributed by atoms with Crippen molar-refractivity contribution in [3.05, 3.63) is 51.2 Å². The lowest BCUT2D eigenvalue weighted by molar-refractivity contribution is -0.113. The van der Waals surface area contributed by atoms with E-state index in [9.17, 15) is 9.59 Å². The van der Waals surface area contributed by atoms with Gasteiger partial charge in [0, 0.05) is 11.9 Å². The summed E-state index contributed by atoms with van der Waals surface area (Å²) in [5, 5.41) is 12.4. The summed E-state index contributed by atoms with van der Waals surface area (Å²) in [6.45, 7) is 9.75. The number of esters is 1. The van der Waals surface area contributed by atoms with Crippen molar-refractivity contribution in [3.8, 4) is 5.75 Å². The minimum atomic E-state index is -0.462. The van der Waals surface area contributed by atoms with Gasteiger partial charge in [-0.2, -0.15) is 0 Å². The smallest absolute Gasteiger partial charge is 0.341 e. The Balaban J connectivity index is 1.64. The van der Waals surface area contributed by atoms with Gasteiger partial charge in [-0.1, -0.05) is 17.8 Å². The van der Waals surface area contributed by atoms with Crippen LogP contribution < -0.4 is 10.1 Å². The van der Waals surface area contributed by atoms with Gasteiger partial charge in [0.05, 0.1) is 18.4 Å². The predicted molar refractivity (Wildman–Crippen MR) is 130 cm³/mol. The standard InChI is InChI=1S/C23H28N4O4S2/c1-12-8-9-17(10-13(12)2)31-15(4)20-25-26-23(27(20)6)32-11-18(28)24-21-19(22(29)30-7)14(3)16(5)33-21/h8-10,15H,11H2,1-7H3,(H,24,28). The molecule has 0 bridgehead atoms. The van der Waals surface area contributed by atoms with E-state index in [1.165, 1.54) is 35.8 Å². The maximum atomic E-state index is 12.6. The van der Waals surface area contributed by atoms with Crippen LogP contribution in [0.15, 0.2) is 23.4 Å². The van der Waals surface area contributed by atoms with E-state index in [4.69, 9.17) is 9.47 Å². The Bertz CT molecular complexity index is 1190. The quantitative estimate of drug-likeness (QED) is 0.360. The Kier molecular flexibility index (Phi) is 7.80. The molecule has 1 unspecified atom stereocenters. The summed E-state index contributed by atoms with van der Waals surface area (Å²) in [6, 6.07) is 5.96. The fraction of sp³-hybridized carbons (Fsp3) is 0.391. The molecular formula is C23H28N4O4S2. The summed E-state index contributed by atoms with van der Waals surface area (Å²) in [6.07, 6.45) is -0.313. The Morgan fingerprint density at radius 3 is 2.58 bits per heavy atom. The van der Waals surface area contributed by atoms with Gasteiger partial charge in [-0.05, 0) is 63.4 Å². The highest BCUT2D eigenvalue weighted by molar-refractivity contribution is 7.99. The minimum Gasteiger partial charge on any atom is -0.483 e. The maximum absolute atomic E-state index is 12.6. The molecule has 0 aliphatic rings. The second kappa shape index (κ2) is 10.4. The zero-order chi connectivity index (χ0) is 24.3.